The van der Waals surface area contributed by atoms with Gasteiger partial charge in [0.05, 0.1) is 23.9 Å². The minimum atomic E-state index is -2.94. The second-order valence-electron chi connectivity index (χ2n) is 5.85. The molecule has 3 rings (SSSR count). The van der Waals surface area contributed by atoms with Gasteiger partial charge in [0, 0.05) is 18.6 Å². The summed E-state index contributed by atoms with van der Waals surface area (Å²) in [5.74, 6) is 0.802. The number of carbonyl (C=O) groups excluding carboxylic acids is 1. The number of nitrogens with one attached hydrogen (secondary N) is 1. The zero-order valence-electron chi connectivity index (χ0n) is 12.5. The standard InChI is InChI=1S/C14H20N4O3S/c1-2-18(11-5-6-22(20,21)9-11)13-8-15-12(7-16-13)14(19)17-10-3-4-10/h7-8,10-11H,2-6,9H2,1H3,(H,17,19). The summed E-state index contributed by atoms with van der Waals surface area (Å²) in [5.41, 5.74) is 0.297. The van der Waals surface area contributed by atoms with Crippen LogP contribution in [-0.2, 0) is 9.84 Å². The second-order valence-corrected chi connectivity index (χ2v) is 8.08. The van der Waals surface area contributed by atoms with Crippen LogP contribution in [0.3, 0.4) is 0 Å². The molecule has 2 heterocycles. The summed E-state index contributed by atoms with van der Waals surface area (Å²) < 4.78 is 23.3. The lowest BCUT2D eigenvalue weighted by Crippen LogP contribution is -2.37. The smallest absolute Gasteiger partial charge is 0.271 e. The van der Waals surface area contributed by atoms with Gasteiger partial charge in [-0.3, -0.25) is 4.79 Å². The molecular formula is C14H20N4O3S. The van der Waals surface area contributed by atoms with Crippen LogP contribution in [-0.4, -0.2) is 54.4 Å². The predicted molar refractivity (Wildman–Crippen MR) is 82.6 cm³/mol. The third-order valence-electron chi connectivity index (χ3n) is 4.07. The molecule has 1 aliphatic carbocycles. The number of carbonyl (C=O) groups is 1. The van der Waals surface area contributed by atoms with Crippen LogP contribution in [0.1, 0.15) is 36.7 Å². The van der Waals surface area contributed by atoms with Gasteiger partial charge in [0.1, 0.15) is 11.5 Å². The molecule has 8 heteroatoms. The number of sulfone groups is 1. The van der Waals surface area contributed by atoms with Crippen molar-refractivity contribution in [2.45, 2.75) is 38.3 Å². The van der Waals surface area contributed by atoms with Crippen molar-refractivity contribution in [1.82, 2.24) is 15.3 Å². The van der Waals surface area contributed by atoms with E-state index in [9.17, 15) is 13.2 Å². The van der Waals surface area contributed by atoms with Crippen molar-refractivity contribution in [3.8, 4) is 0 Å². The monoisotopic (exact) mass is 324 g/mol. The van der Waals surface area contributed by atoms with Gasteiger partial charge in [-0.25, -0.2) is 18.4 Å². The van der Waals surface area contributed by atoms with E-state index in [2.05, 4.69) is 15.3 Å². The van der Waals surface area contributed by atoms with Crippen LogP contribution in [0.5, 0.6) is 0 Å². The Morgan fingerprint density at radius 1 is 1.32 bits per heavy atom. The van der Waals surface area contributed by atoms with Gasteiger partial charge in [0.15, 0.2) is 9.84 Å². The third-order valence-corrected chi connectivity index (χ3v) is 5.82. The molecular weight excluding hydrogens is 304 g/mol. The van der Waals surface area contributed by atoms with E-state index < -0.39 is 9.84 Å². The van der Waals surface area contributed by atoms with Crippen molar-refractivity contribution in [2.24, 2.45) is 0 Å². The van der Waals surface area contributed by atoms with E-state index in [1.807, 2.05) is 11.8 Å². The lowest BCUT2D eigenvalue weighted by Gasteiger charge is -2.27. The highest BCUT2D eigenvalue weighted by Crippen LogP contribution is 2.22. The highest BCUT2D eigenvalue weighted by Gasteiger charge is 2.32. The largest absolute Gasteiger partial charge is 0.352 e. The van der Waals surface area contributed by atoms with Gasteiger partial charge >= 0.3 is 0 Å². The Bertz CT molecular complexity index is 655. The molecule has 7 nitrogen and oxygen atoms in total. The fraction of sp³-hybridized carbons (Fsp3) is 0.643. The molecule has 1 amide bonds. The maximum atomic E-state index is 11.9. The number of rotatable bonds is 5. The first-order valence-corrected chi connectivity index (χ1v) is 9.40. The molecule has 120 valence electrons. The minimum Gasteiger partial charge on any atom is -0.352 e. The van der Waals surface area contributed by atoms with Crippen LogP contribution >= 0.6 is 0 Å². The molecule has 1 unspecified atom stereocenters. The predicted octanol–water partition coefficient (Wildman–Crippen LogP) is 0.382. The average Bonchev–Trinajstić information content (AvgIpc) is 3.23. The Morgan fingerprint density at radius 2 is 2.09 bits per heavy atom. The van der Waals surface area contributed by atoms with E-state index >= 15 is 0 Å². The molecule has 0 radical (unpaired) electrons. The molecule has 1 N–H and O–H groups in total. The quantitative estimate of drug-likeness (QED) is 0.842. The van der Waals surface area contributed by atoms with Crippen molar-refractivity contribution in [3.05, 3.63) is 18.1 Å². The molecule has 0 bridgehead atoms. The average molecular weight is 324 g/mol. The van der Waals surface area contributed by atoms with E-state index in [0.717, 1.165) is 12.8 Å². The summed E-state index contributed by atoms with van der Waals surface area (Å²) in [4.78, 5) is 22.3. The zero-order valence-corrected chi connectivity index (χ0v) is 13.3. The SMILES string of the molecule is CCN(c1cnc(C(=O)NC2CC2)cn1)C1CCS(=O)(=O)C1. The van der Waals surface area contributed by atoms with Gasteiger partial charge in [-0.1, -0.05) is 0 Å². The van der Waals surface area contributed by atoms with Gasteiger partial charge in [0.2, 0.25) is 0 Å². The van der Waals surface area contributed by atoms with Crippen LogP contribution in [0, 0.1) is 0 Å². The maximum absolute atomic E-state index is 11.9. The van der Waals surface area contributed by atoms with E-state index in [0.29, 0.717) is 24.5 Å². The number of hydrogen-bond acceptors (Lipinski definition) is 6. The Hall–Kier alpha value is -1.70. The molecule has 0 spiro atoms. The lowest BCUT2D eigenvalue weighted by molar-refractivity contribution is 0.0945. The van der Waals surface area contributed by atoms with Gasteiger partial charge in [-0.05, 0) is 26.2 Å². The fourth-order valence-corrected chi connectivity index (χ4v) is 4.43. The highest BCUT2D eigenvalue weighted by atomic mass is 32.2. The molecule has 1 aromatic heterocycles. The number of anilines is 1. The summed E-state index contributed by atoms with van der Waals surface area (Å²) in [7, 11) is -2.94. The van der Waals surface area contributed by atoms with E-state index in [4.69, 9.17) is 0 Å². The van der Waals surface area contributed by atoms with E-state index in [1.54, 1.807) is 6.20 Å². The van der Waals surface area contributed by atoms with Crippen LogP contribution in [0.15, 0.2) is 12.4 Å². The summed E-state index contributed by atoms with van der Waals surface area (Å²) in [6.07, 6.45) is 5.67. The summed E-state index contributed by atoms with van der Waals surface area (Å²) in [6, 6.07) is 0.222. The van der Waals surface area contributed by atoms with Crippen molar-refractivity contribution >= 4 is 21.6 Å². The zero-order chi connectivity index (χ0) is 15.7. The lowest BCUT2D eigenvalue weighted by atomic mass is 10.2. The Kier molecular flexibility index (Phi) is 4.03. The molecule has 22 heavy (non-hydrogen) atoms. The van der Waals surface area contributed by atoms with Gasteiger partial charge in [-0.2, -0.15) is 0 Å². The Morgan fingerprint density at radius 3 is 2.59 bits per heavy atom. The molecule has 0 aromatic carbocycles. The first kappa shape index (κ1) is 15.2. The van der Waals surface area contributed by atoms with Gasteiger partial charge in [0.25, 0.3) is 5.91 Å². The van der Waals surface area contributed by atoms with E-state index in [1.165, 1.54) is 6.20 Å². The molecule has 1 saturated heterocycles. The Labute approximate surface area is 130 Å². The molecule has 1 atom stereocenters. The van der Waals surface area contributed by atoms with Crippen LogP contribution in [0.2, 0.25) is 0 Å². The van der Waals surface area contributed by atoms with Crippen molar-refractivity contribution in [1.29, 1.82) is 0 Å². The van der Waals surface area contributed by atoms with Crippen LogP contribution in [0.25, 0.3) is 0 Å². The molecule has 1 aliphatic heterocycles. The number of nitrogens with zero attached hydrogens (tertiary/aromatic N) is 3. The fourth-order valence-electron chi connectivity index (χ4n) is 2.70. The summed E-state index contributed by atoms with van der Waals surface area (Å²) >= 11 is 0. The first-order valence-electron chi connectivity index (χ1n) is 7.58. The first-order chi connectivity index (χ1) is 10.5. The molecule has 1 saturated carbocycles. The summed E-state index contributed by atoms with van der Waals surface area (Å²) in [6.45, 7) is 2.61. The molecule has 1 aromatic rings. The minimum absolute atomic E-state index is 0.0598. The van der Waals surface area contributed by atoms with Gasteiger partial charge in [-0.15, -0.1) is 0 Å². The second kappa shape index (κ2) is 5.83. The maximum Gasteiger partial charge on any atom is 0.271 e. The van der Waals surface area contributed by atoms with Crippen molar-refractivity contribution in [3.63, 3.8) is 0 Å². The van der Waals surface area contributed by atoms with Crippen LogP contribution < -0.4 is 10.2 Å². The number of amides is 1. The Balaban J connectivity index is 1.71. The van der Waals surface area contributed by atoms with Crippen molar-refractivity contribution < 1.29 is 13.2 Å². The van der Waals surface area contributed by atoms with Crippen molar-refractivity contribution in [2.75, 3.05) is 23.0 Å². The van der Waals surface area contributed by atoms with E-state index in [-0.39, 0.29) is 29.5 Å². The van der Waals surface area contributed by atoms with Crippen LogP contribution in [0.4, 0.5) is 5.82 Å². The molecule has 2 fully saturated rings. The number of hydrogen-bond donors (Lipinski definition) is 1. The normalized spacial score (nSPS) is 23.2. The summed E-state index contributed by atoms with van der Waals surface area (Å²) in [5, 5.41) is 2.86. The topological polar surface area (TPSA) is 92.3 Å². The highest BCUT2D eigenvalue weighted by molar-refractivity contribution is 7.91. The molecule has 2 aliphatic rings. The third kappa shape index (κ3) is 3.37. The van der Waals surface area contributed by atoms with Gasteiger partial charge < -0.3 is 10.2 Å². The number of aromatic nitrogens is 2.